The Morgan fingerprint density at radius 2 is 2.25 bits per heavy atom. The summed E-state index contributed by atoms with van der Waals surface area (Å²) in [4.78, 5) is 4.29. The van der Waals surface area contributed by atoms with Crippen LogP contribution in [0.15, 0.2) is 22.9 Å². The Morgan fingerprint density at radius 3 is 3.00 bits per heavy atom. The number of hydrogen-bond donors (Lipinski definition) is 0. The third kappa shape index (κ3) is 1.33. The van der Waals surface area contributed by atoms with Gasteiger partial charge in [-0.15, -0.1) is 0 Å². The van der Waals surface area contributed by atoms with Gasteiger partial charge >= 0.3 is 95.8 Å². The van der Waals surface area contributed by atoms with Gasteiger partial charge in [0.05, 0.1) is 0 Å². The summed E-state index contributed by atoms with van der Waals surface area (Å²) < 4.78 is 3.33. The summed E-state index contributed by atoms with van der Waals surface area (Å²) in [6.45, 7) is 2.10. The molecular formula is C8H6BrN2Tl. The standard InChI is InChI=1S/C8H6BrN2.Tl/c1-5-2-7-8(3-6(5)9)11-4-10-7;/h2-4H,1H3;/q-1;+1. The normalized spacial score (nSPS) is 10.8. The number of imidazole rings is 1. The van der Waals surface area contributed by atoms with Crippen molar-refractivity contribution in [2.24, 2.45) is 0 Å². The summed E-state index contributed by atoms with van der Waals surface area (Å²) in [7, 11) is 0. The topological polar surface area (TPSA) is 17.8 Å². The molecule has 4 heteroatoms. The number of benzene rings is 1. The van der Waals surface area contributed by atoms with E-state index in [0.29, 0.717) is 0 Å². The molecule has 2 nitrogen and oxygen atoms in total. The van der Waals surface area contributed by atoms with Gasteiger partial charge in [-0.2, -0.15) is 0 Å². The zero-order valence-electron chi connectivity index (χ0n) is 6.58. The number of halogens is 1. The molecule has 1 aromatic carbocycles. The molecule has 0 amide bonds. The second-order valence-electron chi connectivity index (χ2n) is 2.74. The maximum atomic E-state index is 4.29. The Hall–Kier alpha value is 0.0921. The van der Waals surface area contributed by atoms with E-state index in [1.807, 2.05) is 6.33 Å². The molecule has 58 valence electrons. The zero-order valence-corrected chi connectivity index (χ0v) is 12.7. The van der Waals surface area contributed by atoms with Gasteiger partial charge in [0.1, 0.15) is 0 Å². The van der Waals surface area contributed by atoms with Crippen LogP contribution in [0, 0.1) is 6.92 Å². The molecule has 1 aromatic heterocycles. The van der Waals surface area contributed by atoms with Gasteiger partial charge in [-0.25, -0.2) is 0 Å². The average molecular weight is 414 g/mol. The van der Waals surface area contributed by atoms with Crippen LogP contribution in [0.1, 0.15) is 5.56 Å². The summed E-state index contributed by atoms with van der Waals surface area (Å²) in [6, 6.07) is 4.25. The molecule has 0 unspecified atom stereocenters. The molecule has 0 saturated carbocycles. The molecule has 2 aromatic rings. The Labute approximate surface area is 95.2 Å². The van der Waals surface area contributed by atoms with Gasteiger partial charge in [-0.1, -0.05) is 0 Å². The quantitative estimate of drug-likeness (QED) is 0.604. The van der Waals surface area contributed by atoms with Crippen molar-refractivity contribution >= 4 is 53.0 Å². The van der Waals surface area contributed by atoms with Gasteiger partial charge in [-0.3, -0.25) is 0 Å². The molecule has 0 aliphatic carbocycles. The second kappa shape index (κ2) is 3.10. The monoisotopic (exact) mass is 414 g/mol. The Morgan fingerprint density at radius 1 is 1.50 bits per heavy atom. The van der Waals surface area contributed by atoms with Crippen LogP contribution in [-0.2, 0) is 0 Å². The molecule has 0 N–H and O–H groups in total. The summed E-state index contributed by atoms with van der Waals surface area (Å²) in [6.07, 6.45) is 1.90. The molecule has 0 fully saturated rings. The van der Waals surface area contributed by atoms with Crippen molar-refractivity contribution in [1.82, 2.24) is 7.36 Å². The minimum atomic E-state index is 0.792. The van der Waals surface area contributed by atoms with Crippen LogP contribution in [0.3, 0.4) is 0 Å². The number of aromatic nitrogens is 2. The van der Waals surface area contributed by atoms with Crippen molar-refractivity contribution in [1.29, 1.82) is 0 Å². The Kier molecular flexibility index (Phi) is 2.24. The van der Waals surface area contributed by atoms with Gasteiger partial charge in [0.2, 0.25) is 0 Å². The summed E-state index contributed by atoms with van der Waals surface area (Å²) in [5.74, 6) is 0. The van der Waals surface area contributed by atoms with E-state index in [1.54, 1.807) is 0 Å². The van der Waals surface area contributed by atoms with Crippen LogP contribution in [0.5, 0.6) is 0 Å². The third-order valence-electron chi connectivity index (χ3n) is 1.86. The Balaban J connectivity index is 2.87. The van der Waals surface area contributed by atoms with Crippen molar-refractivity contribution in [3.05, 3.63) is 28.5 Å². The van der Waals surface area contributed by atoms with E-state index in [4.69, 9.17) is 0 Å². The van der Waals surface area contributed by atoms with Crippen LogP contribution in [0.2, 0.25) is 0 Å². The van der Waals surface area contributed by atoms with Gasteiger partial charge in [0.15, 0.2) is 0 Å². The van der Waals surface area contributed by atoms with Crippen LogP contribution >= 0.6 is 15.9 Å². The van der Waals surface area contributed by atoms with Crippen LogP contribution in [-0.4, -0.2) is 33.4 Å². The van der Waals surface area contributed by atoms with Crippen molar-refractivity contribution in [3.8, 4) is 0 Å². The van der Waals surface area contributed by atoms with E-state index in [0.717, 1.165) is 36.1 Å². The molecule has 0 saturated heterocycles. The molecular weight excluding hydrogens is 408 g/mol. The molecule has 0 aliphatic heterocycles. The predicted molar refractivity (Wildman–Crippen MR) is 53.3 cm³/mol. The first-order valence-electron chi connectivity index (χ1n) is 3.57. The van der Waals surface area contributed by atoms with Gasteiger partial charge in [0.25, 0.3) is 0 Å². The van der Waals surface area contributed by atoms with Crippen LogP contribution < -0.4 is 0 Å². The summed E-state index contributed by atoms with van der Waals surface area (Å²) >= 11 is 4.28. The molecule has 0 bridgehead atoms. The molecule has 0 atom stereocenters. The fraction of sp³-hybridized carbons (Fsp3) is 0.125. The number of aryl methyl sites for hydroxylation is 1. The van der Waals surface area contributed by atoms with E-state index in [-0.39, 0.29) is 0 Å². The first-order chi connectivity index (χ1) is 5.68. The number of rotatable bonds is 0. The van der Waals surface area contributed by atoms with Gasteiger partial charge in [-0.05, 0) is 0 Å². The summed E-state index contributed by atoms with van der Waals surface area (Å²) in [5.41, 5.74) is 3.60. The fourth-order valence-electron chi connectivity index (χ4n) is 1.15. The molecule has 0 spiro atoms. The van der Waals surface area contributed by atoms with Crippen molar-refractivity contribution in [3.63, 3.8) is 0 Å². The number of hydrogen-bond acceptors (Lipinski definition) is 1. The van der Waals surface area contributed by atoms with E-state index in [2.05, 4.69) is 42.3 Å². The van der Waals surface area contributed by atoms with E-state index < -0.39 is 0 Å². The Bertz CT molecular complexity index is 436. The van der Waals surface area contributed by atoms with Gasteiger partial charge < -0.3 is 0 Å². The van der Waals surface area contributed by atoms with Crippen LogP contribution in [0.4, 0.5) is 0 Å². The van der Waals surface area contributed by atoms with E-state index in [9.17, 15) is 0 Å². The van der Waals surface area contributed by atoms with Gasteiger partial charge in [0, 0.05) is 0 Å². The number of fused-ring (bicyclic) bond motifs is 1. The molecule has 0 radical (unpaired) electrons. The maximum absolute atomic E-state index is 4.29. The average Bonchev–Trinajstić information content (AvgIpc) is 2.35. The minimum absolute atomic E-state index is 0.792. The summed E-state index contributed by atoms with van der Waals surface area (Å²) in [5, 5.41) is 0. The third-order valence-corrected chi connectivity index (χ3v) is 4.31. The zero-order chi connectivity index (χ0) is 8.72. The van der Waals surface area contributed by atoms with E-state index in [1.165, 1.54) is 11.1 Å². The number of nitrogens with zero attached hydrogens (tertiary/aromatic N) is 2. The first-order valence-corrected chi connectivity index (χ1v) is 6.37. The predicted octanol–water partition coefficient (Wildman–Crippen LogP) is 2.04. The first kappa shape index (κ1) is 8.68. The fourth-order valence-corrected chi connectivity index (χ4v) is 2.55. The molecule has 1 heterocycles. The van der Waals surface area contributed by atoms with Crippen molar-refractivity contribution in [2.45, 2.75) is 6.92 Å². The van der Waals surface area contributed by atoms with Crippen molar-refractivity contribution in [2.75, 3.05) is 0 Å². The molecule has 0 aliphatic rings. The van der Waals surface area contributed by atoms with Crippen molar-refractivity contribution < 1.29 is 0 Å². The van der Waals surface area contributed by atoms with E-state index >= 15 is 0 Å². The SMILES string of the molecule is Cc1cc2c(cc1Br)nc[n]2[Tl]. The second-order valence-corrected chi connectivity index (χ2v) is 5.76. The molecule has 12 heavy (non-hydrogen) atoms. The van der Waals surface area contributed by atoms with Crippen LogP contribution in [0.25, 0.3) is 11.0 Å². The molecule has 2 rings (SSSR count).